The predicted octanol–water partition coefficient (Wildman–Crippen LogP) is 3.52. The third-order valence-electron chi connectivity index (χ3n) is 3.68. The number of hydrogen-bond donors (Lipinski definition) is 1. The second-order valence-electron chi connectivity index (χ2n) is 4.93. The first-order valence-corrected chi connectivity index (χ1v) is 7.44. The lowest BCUT2D eigenvalue weighted by Gasteiger charge is -2.12. The van der Waals surface area contributed by atoms with Gasteiger partial charge in [0.1, 0.15) is 0 Å². The first-order valence-electron chi connectivity index (χ1n) is 6.56. The third kappa shape index (κ3) is 2.31. The summed E-state index contributed by atoms with van der Waals surface area (Å²) in [4.78, 5) is 1.38. The molecule has 0 bridgehead atoms. The van der Waals surface area contributed by atoms with E-state index in [9.17, 15) is 0 Å². The van der Waals surface area contributed by atoms with E-state index in [2.05, 4.69) is 59.6 Å². The summed E-state index contributed by atoms with van der Waals surface area (Å²) in [7, 11) is 2.11. The Morgan fingerprint density at radius 1 is 1.21 bits per heavy atom. The fourth-order valence-electron chi connectivity index (χ4n) is 2.68. The molecule has 3 heteroatoms. The highest BCUT2D eigenvalue weighted by Crippen LogP contribution is 2.28. The number of nitrogens with zero attached hydrogens (tertiary/aromatic N) is 1. The third-order valence-corrected chi connectivity index (χ3v) is 4.71. The van der Waals surface area contributed by atoms with Crippen molar-refractivity contribution in [1.29, 1.82) is 0 Å². The fraction of sp³-hybridized carbons (Fsp3) is 0.250. The monoisotopic (exact) mass is 270 g/mol. The summed E-state index contributed by atoms with van der Waals surface area (Å²) < 4.78 is 2.20. The highest BCUT2D eigenvalue weighted by Gasteiger charge is 2.15. The lowest BCUT2D eigenvalue weighted by molar-refractivity contribution is 0.708. The molecule has 98 valence electrons. The number of aromatic nitrogens is 1. The molecule has 1 atom stereocenters. The maximum absolute atomic E-state index is 5.96. The van der Waals surface area contributed by atoms with E-state index in [1.54, 1.807) is 11.3 Å². The van der Waals surface area contributed by atoms with Crippen molar-refractivity contribution in [2.24, 2.45) is 12.8 Å². The number of hydrogen-bond acceptors (Lipinski definition) is 2. The topological polar surface area (TPSA) is 30.9 Å². The van der Waals surface area contributed by atoms with Crippen LogP contribution in [0.25, 0.3) is 10.9 Å². The van der Waals surface area contributed by atoms with Gasteiger partial charge in [-0.1, -0.05) is 24.3 Å². The maximum atomic E-state index is 5.96. The average Bonchev–Trinajstić information content (AvgIpc) is 3.06. The van der Waals surface area contributed by atoms with Crippen molar-refractivity contribution in [2.45, 2.75) is 12.3 Å². The van der Waals surface area contributed by atoms with E-state index in [1.807, 2.05) is 0 Å². The van der Waals surface area contributed by atoms with Crippen LogP contribution in [0, 0.1) is 0 Å². The van der Waals surface area contributed by atoms with Crippen molar-refractivity contribution in [3.63, 3.8) is 0 Å². The second kappa shape index (κ2) is 5.19. The van der Waals surface area contributed by atoms with Crippen molar-refractivity contribution in [3.8, 4) is 0 Å². The number of nitrogens with two attached hydrogens (primary N) is 1. The summed E-state index contributed by atoms with van der Waals surface area (Å²) in [6, 6.07) is 12.9. The van der Waals surface area contributed by atoms with Gasteiger partial charge in [-0.3, -0.25) is 0 Å². The van der Waals surface area contributed by atoms with Crippen LogP contribution in [-0.2, 0) is 13.5 Å². The zero-order valence-corrected chi connectivity index (χ0v) is 11.9. The zero-order valence-electron chi connectivity index (χ0n) is 11.0. The van der Waals surface area contributed by atoms with Crippen molar-refractivity contribution in [3.05, 3.63) is 58.4 Å². The Labute approximate surface area is 117 Å². The van der Waals surface area contributed by atoms with Crippen molar-refractivity contribution >= 4 is 22.2 Å². The van der Waals surface area contributed by atoms with Crippen LogP contribution in [0.5, 0.6) is 0 Å². The minimum Gasteiger partial charge on any atom is -0.350 e. The quantitative estimate of drug-likeness (QED) is 0.772. The molecule has 0 amide bonds. The van der Waals surface area contributed by atoms with Crippen LogP contribution >= 0.6 is 11.3 Å². The second-order valence-corrected chi connectivity index (χ2v) is 5.91. The molecule has 0 aliphatic rings. The first-order chi connectivity index (χ1) is 9.29. The zero-order chi connectivity index (χ0) is 13.2. The molecule has 0 aliphatic carbocycles. The molecular weight excluding hydrogens is 252 g/mol. The van der Waals surface area contributed by atoms with Gasteiger partial charge in [-0.25, -0.2) is 0 Å². The lowest BCUT2D eigenvalue weighted by Crippen LogP contribution is -2.13. The van der Waals surface area contributed by atoms with E-state index >= 15 is 0 Å². The summed E-state index contributed by atoms with van der Waals surface area (Å²) in [5, 5.41) is 3.47. The highest BCUT2D eigenvalue weighted by molar-refractivity contribution is 7.10. The summed E-state index contributed by atoms with van der Waals surface area (Å²) in [5.41, 5.74) is 8.64. The fourth-order valence-corrected chi connectivity index (χ4v) is 3.52. The molecule has 1 unspecified atom stereocenters. The molecule has 0 fully saturated rings. The largest absolute Gasteiger partial charge is 0.350 e. The van der Waals surface area contributed by atoms with Gasteiger partial charge < -0.3 is 10.3 Å². The van der Waals surface area contributed by atoms with Gasteiger partial charge in [0.2, 0.25) is 0 Å². The molecule has 1 aromatic carbocycles. The van der Waals surface area contributed by atoms with Gasteiger partial charge in [-0.2, -0.15) is 0 Å². The van der Waals surface area contributed by atoms with Crippen LogP contribution in [0.15, 0.2) is 48.0 Å². The minimum absolute atomic E-state index is 0.422. The molecule has 3 rings (SSSR count). The number of fused-ring (bicyclic) bond motifs is 1. The number of rotatable bonds is 4. The van der Waals surface area contributed by atoms with Crippen LogP contribution < -0.4 is 5.73 Å². The normalized spacial score (nSPS) is 12.9. The molecule has 3 aromatic rings. The number of benzene rings is 1. The van der Waals surface area contributed by atoms with E-state index in [-0.39, 0.29) is 0 Å². The molecule has 0 saturated carbocycles. The van der Waals surface area contributed by atoms with Crippen LogP contribution in [0.4, 0.5) is 0 Å². The Morgan fingerprint density at radius 3 is 2.79 bits per heavy atom. The summed E-state index contributed by atoms with van der Waals surface area (Å²) >= 11 is 1.80. The summed E-state index contributed by atoms with van der Waals surface area (Å²) in [5.74, 6) is 0.422. The number of aryl methyl sites for hydroxylation is 1. The first kappa shape index (κ1) is 12.5. The van der Waals surface area contributed by atoms with Gasteiger partial charge in [0.15, 0.2) is 0 Å². The van der Waals surface area contributed by atoms with Crippen molar-refractivity contribution < 1.29 is 0 Å². The maximum Gasteiger partial charge on any atom is 0.0480 e. The Morgan fingerprint density at radius 2 is 2.05 bits per heavy atom. The molecule has 0 radical (unpaired) electrons. The Balaban J connectivity index is 1.97. The van der Waals surface area contributed by atoms with E-state index in [4.69, 9.17) is 5.73 Å². The Kier molecular flexibility index (Phi) is 3.40. The van der Waals surface area contributed by atoms with Gasteiger partial charge >= 0.3 is 0 Å². The average molecular weight is 270 g/mol. The molecule has 0 aliphatic heterocycles. The van der Waals surface area contributed by atoms with E-state index in [1.165, 1.54) is 21.3 Å². The van der Waals surface area contributed by atoms with Gasteiger partial charge in [-0.15, -0.1) is 11.3 Å². The van der Waals surface area contributed by atoms with Gasteiger partial charge in [0, 0.05) is 41.5 Å². The minimum atomic E-state index is 0.422. The van der Waals surface area contributed by atoms with Crippen molar-refractivity contribution in [1.82, 2.24) is 4.57 Å². The van der Waals surface area contributed by atoms with Crippen molar-refractivity contribution in [2.75, 3.05) is 6.54 Å². The van der Waals surface area contributed by atoms with E-state index < -0.39 is 0 Å². The van der Waals surface area contributed by atoms with Gasteiger partial charge in [0.05, 0.1) is 0 Å². The smallest absolute Gasteiger partial charge is 0.0480 e. The molecule has 19 heavy (non-hydrogen) atoms. The number of para-hydroxylation sites is 1. The number of thiophene rings is 1. The van der Waals surface area contributed by atoms with Crippen LogP contribution in [0.3, 0.4) is 0 Å². The molecule has 2 N–H and O–H groups in total. The van der Waals surface area contributed by atoms with Crippen LogP contribution in [-0.4, -0.2) is 11.1 Å². The molecule has 0 spiro atoms. The molecule has 2 heterocycles. The molecule has 0 saturated heterocycles. The standard InChI is InChI=1S/C16H18N2S/c1-18-11-13(14-5-2-3-6-15(14)18)9-12(10-17)16-7-4-8-19-16/h2-8,11-12H,9-10,17H2,1H3. The Bertz CT molecular complexity index is 667. The SMILES string of the molecule is Cn1cc(CC(CN)c2cccs2)c2ccccc21. The van der Waals surface area contributed by atoms with E-state index in [0.717, 1.165) is 6.42 Å². The highest BCUT2D eigenvalue weighted by atomic mass is 32.1. The lowest BCUT2D eigenvalue weighted by atomic mass is 9.97. The Hall–Kier alpha value is -1.58. The molecular formula is C16H18N2S. The van der Waals surface area contributed by atoms with Crippen LogP contribution in [0.1, 0.15) is 16.4 Å². The molecule has 2 nitrogen and oxygen atoms in total. The van der Waals surface area contributed by atoms with E-state index in [0.29, 0.717) is 12.5 Å². The van der Waals surface area contributed by atoms with Gasteiger partial charge in [-0.05, 0) is 29.5 Å². The summed E-state index contributed by atoms with van der Waals surface area (Å²) in [6.45, 7) is 0.698. The van der Waals surface area contributed by atoms with Crippen LogP contribution in [0.2, 0.25) is 0 Å². The van der Waals surface area contributed by atoms with Gasteiger partial charge in [0.25, 0.3) is 0 Å². The summed E-state index contributed by atoms with van der Waals surface area (Å²) in [6.07, 6.45) is 3.25. The molecule has 2 aromatic heterocycles. The predicted molar refractivity (Wildman–Crippen MR) is 82.7 cm³/mol.